The third kappa shape index (κ3) is 3.87. The Morgan fingerprint density at radius 2 is 1.86 bits per heavy atom. The molecule has 0 bridgehead atoms. The van der Waals surface area contributed by atoms with Gasteiger partial charge in [-0.05, 0) is 40.3 Å². The van der Waals surface area contributed by atoms with E-state index in [2.05, 4.69) is 22.6 Å². The van der Waals surface area contributed by atoms with Crippen LogP contribution >= 0.6 is 22.6 Å². The molecule has 5 heteroatoms. The molecule has 0 saturated carbocycles. The van der Waals surface area contributed by atoms with Crippen LogP contribution in [0.5, 0.6) is 11.5 Å². The average Bonchev–Trinajstić information content (AvgIpc) is 2.53. The summed E-state index contributed by atoms with van der Waals surface area (Å²) in [6, 6.07) is 13.2. The summed E-state index contributed by atoms with van der Waals surface area (Å²) in [7, 11) is 2.89. The minimum atomic E-state index is -0.402. The number of esters is 1. The van der Waals surface area contributed by atoms with Gasteiger partial charge >= 0.3 is 5.97 Å². The summed E-state index contributed by atoms with van der Waals surface area (Å²) in [6.45, 7) is 0.435. The molecule has 0 heterocycles. The van der Waals surface area contributed by atoms with Gasteiger partial charge in [0.2, 0.25) is 0 Å². The second-order valence-corrected chi connectivity index (χ2v) is 5.42. The molecule has 0 aliphatic heterocycles. The summed E-state index contributed by atoms with van der Waals surface area (Å²) in [5, 5.41) is 0. The molecule has 110 valence electrons. The molecule has 0 fully saturated rings. The molecule has 0 aliphatic rings. The van der Waals surface area contributed by atoms with Crippen LogP contribution in [0.25, 0.3) is 0 Å². The van der Waals surface area contributed by atoms with Gasteiger partial charge in [-0.15, -0.1) is 0 Å². The third-order valence-corrected chi connectivity index (χ3v) is 3.68. The number of rotatable bonds is 5. The van der Waals surface area contributed by atoms with Crippen LogP contribution in [-0.2, 0) is 11.3 Å². The van der Waals surface area contributed by atoms with Crippen molar-refractivity contribution >= 4 is 28.6 Å². The van der Waals surface area contributed by atoms with Crippen LogP contribution in [0.3, 0.4) is 0 Å². The van der Waals surface area contributed by atoms with E-state index in [4.69, 9.17) is 14.2 Å². The minimum absolute atomic E-state index is 0.402. The first kappa shape index (κ1) is 15.6. The molecule has 0 unspecified atom stereocenters. The van der Waals surface area contributed by atoms with E-state index >= 15 is 0 Å². The molecule has 0 amide bonds. The first-order valence-electron chi connectivity index (χ1n) is 6.28. The number of ether oxygens (including phenoxy) is 3. The van der Waals surface area contributed by atoms with Crippen LogP contribution in [-0.4, -0.2) is 20.2 Å². The molecule has 0 N–H and O–H groups in total. The Morgan fingerprint density at radius 3 is 2.48 bits per heavy atom. The van der Waals surface area contributed by atoms with Crippen LogP contribution in [0.15, 0.2) is 42.5 Å². The molecule has 0 atom stereocenters. The average molecular weight is 398 g/mol. The van der Waals surface area contributed by atoms with Crippen molar-refractivity contribution in [2.75, 3.05) is 14.2 Å². The Bertz CT molecular complexity index is 626. The standard InChI is InChI=1S/C16H15IO4/c1-19-14-9-12(16(18)20-2)8-13(17)15(14)21-10-11-6-4-3-5-7-11/h3-9H,10H2,1-2H3. The molecule has 2 rings (SSSR count). The predicted molar refractivity (Wildman–Crippen MR) is 87.8 cm³/mol. The molecule has 2 aromatic carbocycles. The largest absolute Gasteiger partial charge is 0.493 e. The van der Waals surface area contributed by atoms with Gasteiger partial charge in [0.25, 0.3) is 0 Å². The second-order valence-electron chi connectivity index (χ2n) is 4.26. The Kier molecular flexibility index (Phi) is 5.44. The minimum Gasteiger partial charge on any atom is -0.493 e. The summed E-state index contributed by atoms with van der Waals surface area (Å²) in [4.78, 5) is 11.6. The molecule has 0 aliphatic carbocycles. The second kappa shape index (κ2) is 7.31. The molecule has 21 heavy (non-hydrogen) atoms. The van der Waals surface area contributed by atoms with Crippen molar-refractivity contribution in [2.24, 2.45) is 0 Å². The Hall–Kier alpha value is -1.76. The highest BCUT2D eigenvalue weighted by atomic mass is 127. The fraction of sp³-hybridized carbons (Fsp3) is 0.188. The number of carbonyl (C=O) groups is 1. The fourth-order valence-corrected chi connectivity index (χ4v) is 2.58. The van der Waals surface area contributed by atoms with Crippen molar-refractivity contribution in [2.45, 2.75) is 6.61 Å². The highest BCUT2D eigenvalue weighted by Gasteiger charge is 2.16. The summed E-state index contributed by atoms with van der Waals surface area (Å²) >= 11 is 2.11. The maximum Gasteiger partial charge on any atom is 0.338 e. The van der Waals surface area contributed by atoms with E-state index in [1.165, 1.54) is 7.11 Å². The number of halogens is 1. The molecule has 0 spiro atoms. The van der Waals surface area contributed by atoms with Crippen LogP contribution < -0.4 is 9.47 Å². The quantitative estimate of drug-likeness (QED) is 0.570. The fourth-order valence-electron chi connectivity index (χ4n) is 1.83. The topological polar surface area (TPSA) is 44.8 Å². The Balaban J connectivity index is 2.24. The molecule has 0 radical (unpaired) electrons. The monoisotopic (exact) mass is 398 g/mol. The smallest absolute Gasteiger partial charge is 0.338 e. The van der Waals surface area contributed by atoms with Crippen molar-refractivity contribution in [1.82, 2.24) is 0 Å². The summed E-state index contributed by atoms with van der Waals surface area (Å²) < 4.78 is 16.7. The van der Waals surface area contributed by atoms with Crippen molar-refractivity contribution in [3.63, 3.8) is 0 Å². The molecule has 2 aromatic rings. The first-order chi connectivity index (χ1) is 10.2. The van der Waals surface area contributed by atoms with E-state index in [0.29, 0.717) is 23.7 Å². The number of methoxy groups -OCH3 is 2. The maximum absolute atomic E-state index is 11.6. The number of benzene rings is 2. The van der Waals surface area contributed by atoms with Crippen molar-refractivity contribution < 1.29 is 19.0 Å². The van der Waals surface area contributed by atoms with Crippen molar-refractivity contribution in [3.8, 4) is 11.5 Å². The van der Waals surface area contributed by atoms with E-state index in [9.17, 15) is 4.79 Å². The van der Waals surface area contributed by atoms with E-state index in [1.807, 2.05) is 30.3 Å². The van der Waals surface area contributed by atoms with Gasteiger partial charge in [-0.25, -0.2) is 4.79 Å². The highest BCUT2D eigenvalue weighted by Crippen LogP contribution is 2.34. The van der Waals surface area contributed by atoms with Crippen LogP contribution in [0.1, 0.15) is 15.9 Å². The van der Waals surface area contributed by atoms with Gasteiger partial charge in [-0.2, -0.15) is 0 Å². The molecule has 4 nitrogen and oxygen atoms in total. The Labute approximate surface area is 137 Å². The van der Waals surface area contributed by atoms with E-state index in [-0.39, 0.29) is 0 Å². The van der Waals surface area contributed by atoms with Gasteiger partial charge in [0.15, 0.2) is 11.5 Å². The first-order valence-corrected chi connectivity index (χ1v) is 7.36. The van der Waals surface area contributed by atoms with Crippen LogP contribution in [0.4, 0.5) is 0 Å². The molecular weight excluding hydrogens is 383 g/mol. The number of hydrogen-bond donors (Lipinski definition) is 0. The SMILES string of the molecule is COC(=O)c1cc(I)c(OCc2ccccc2)c(OC)c1. The molecular formula is C16H15IO4. The van der Waals surface area contributed by atoms with Gasteiger partial charge in [-0.3, -0.25) is 0 Å². The van der Waals surface area contributed by atoms with Crippen LogP contribution in [0.2, 0.25) is 0 Å². The maximum atomic E-state index is 11.6. The summed E-state index contributed by atoms with van der Waals surface area (Å²) in [5.74, 6) is 0.730. The van der Waals surface area contributed by atoms with Gasteiger partial charge in [-0.1, -0.05) is 30.3 Å². The lowest BCUT2D eigenvalue weighted by Crippen LogP contribution is -2.05. The Morgan fingerprint density at radius 1 is 1.14 bits per heavy atom. The third-order valence-electron chi connectivity index (χ3n) is 2.88. The van der Waals surface area contributed by atoms with Crippen molar-refractivity contribution in [3.05, 3.63) is 57.2 Å². The molecule has 0 saturated heterocycles. The zero-order chi connectivity index (χ0) is 15.2. The lowest BCUT2D eigenvalue weighted by atomic mass is 10.2. The lowest BCUT2D eigenvalue weighted by molar-refractivity contribution is 0.0600. The van der Waals surface area contributed by atoms with Crippen LogP contribution in [0, 0.1) is 3.57 Å². The van der Waals surface area contributed by atoms with Gasteiger partial charge in [0.05, 0.1) is 23.4 Å². The predicted octanol–water partition coefficient (Wildman–Crippen LogP) is 3.67. The normalized spacial score (nSPS) is 10.0. The van der Waals surface area contributed by atoms with E-state index in [0.717, 1.165) is 9.13 Å². The van der Waals surface area contributed by atoms with Gasteiger partial charge in [0, 0.05) is 0 Å². The van der Waals surface area contributed by atoms with E-state index < -0.39 is 5.97 Å². The van der Waals surface area contributed by atoms with Gasteiger partial charge in [0.1, 0.15) is 6.61 Å². The summed E-state index contributed by atoms with van der Waals surface area (Å²) in [6.07, 6.45) is 0. The lowest BCUT2D eigenvalue weighted by Gasteiger charge is -2.14. The van der Waals surface area contributed by atoms with Gasteiger partial charge < -0.3 is 14.2 Å². The number of hydrogen-bond acceptors (Lipinski definition) is 4. The van der Waals surface area contributed by atoms with Crippen molar-refractivity contribution in [1.29, 1.82) is 0 Å². The zero-order valence-corrected chi connectivity index (χ0v) is 13.9. The van der Waals surface area contributed by atoms with E-state index in [1.54, 1.807) is 19.2 Å². The number of carbonyl (C=O) groups excluding carboxylic acids is 1. The summed E-state index contributed by atoms with van der Waals surface area (Å²) in [5.41, 5.74) is 1.50. The zero-order valence-electron chi connectivity index (χ0n) is 11.8. The highest BCUT2D eigenvalue weighted by molar-refractivity contribution is 14.1. The molecule has 0 aromatic heterocycles.